The van der Waals surface area contributed by atoms with E-state index in [0.717, 1.165) is 0 Å². The third kappa shape index (κ3) is 4.89. The predicted octanol–water partition coefficient (Wildman–Crippen LogP) is 3.35. The molecule has 0 saturated carbocycles. The first-order chi connectivity index (χ1) is 13.4. The van der Waals surface area contributed by atoms with Gasteiger partial charge >= 0.3 is 5.97 Å². The number of fused-ring (bicyclic) bond motifs is 1. The van der Waals surface area contributed by atoms with E-state index < -0.39 is 23.7 Å². The van der Waals surface area contributed by atoms with Crippen LogP contribution in [0.15, 0.2) is 41.6 Å². The molecule has 1 aliphatic rings. The Bertz CT molecular complexity index is 881. The third-order valence-corrected chi connectivity index (χ3v) is 4.38. The van der Waals surface area contributed by atoms with Crippen molar-refractivity contribution in [3.8, 4) is 11.5 Å². The first-order valence-electron chi connectivity index (χ1n) is 8.25. The summed E-state index contributed by atoms with van der Waals surface area (Å²) >= 11 is 0.133. The highest BCUT2D eigenvalue weighted by Crippen LogP contribution is 2.32. The van der Waals surface area contributed by atoms with Crippen molar-refractivity contribution in [3.05, 3.63) is 42.1 Å². The van der Waals surface area contributed by atoms with Crippen LogP contribution in [0.4, 0.5) is 14.5 Å². The number of ether oxygens (including phenoxy) is 3. The molecule has 1 N–H and O–H groups in total. The van der Waals surface area contributed by atoms with E-state index in [1.54, 1.807) is 18.2 Å². The number of anilines is 1. The molecule has 0 aliphatic carbocycles. The van der Waals surface area contributed by atoms with Gasteiger partial charge in [-0.15, -0.1) is 0 Å². The van der Waals surface area contributed by atoms with Gasteiger partial charge in [0.05, 0.1) is 5.56 Å². The van der Waals surface area contributed by atoms with E-state index in [1.807, 2.05) is 0 Å². The minimum Gasteiger partial charge on any atom is -0.486 e. The van der Waals surface area contributed by atoms with Crippen molar-refractivity contribution in [2.24, 2.45) is 0 Å². The number of nitrogens with zero attached hydrogens (tertiary/aromatic N) is 1. The minimum absolute atomic E-state index is 0.133. The number of carbonyl (C=O) groups is 2. The Kier molecular flexibility index (Phi) is 6.30. The number of rotatable bonds is 6. The van der Waals surface area contributed by atoms with Gasteiger partial charge in [0.25, 0.3) is 11.7 Å². The zero-order valence-corrected chi connectivity index (χ0v) is 15.5. The van der Waals surface area contributed by atoms with Gasteiger partial charge in [-0.3, -0.25) is 4.79 Å². The smallest absolute Gasteiger partial charge is 0.341 e. The number of hydrogen-bond donors (Lipinski definition) is 1. The molecule has 2 heterocycles. The van der Waals surface area contributed by atoms with E-state index in [2.05, 4.69) is 10.3 Å². The van der Waals surface area contributed by atoms with E-state index in [4.69, 9.17) is 14.2 Å². The molecule has 10 heteroatoms. The average Bonchev–Trinajstić information content (AvgIpc) is 2.67. The lowest BCUT2D eigenvalue weighted by molar-refractivity contribution is -0.123. The summed E-state index contributed by atoms with van der Waals surface area (Å²) in [6, 6.07) is 7.61. The summed E-state index contributed by atoms with van der Waals surface area (Å²) in [6.07, 6.45) is 0.129. The van der Waals surface area contributed by atoms with Crippen LogP contribution in [0.5, 0.6) is 11.5 Å². The van der Waals surface area contributed by atoms with Crippen molar-refractivity contribution >= 4 is 29.3 Å². The Balaban J connectivity index is 1.64. The summed E-state index contributed by atoms with van der Waals surface area (Å²) in [5.74, 6) is -3.17. The van der Waals surface area contributed by atoms with Gasteiger partial charge in [0, 0.05) is 18.0 Å². The predicted molar refractivity (Wildman–Crippen MR) is 97.0 cm³/mol. The zero-order valence-electron chi connectivity index (χ0n) is 14.7. The molecule has 1 aliphatic heterocycles. The van der Waals surface area contributed by atoms with Gasteiger partial charge < -0.3 is 19.5 Å². The molecule has 0 bridgehead atoms. The second kappa shape index (κ2) is 8.87. The lowest BCUT2D eigenvalue weighted by Crippen LogP contribution is -2.30. The van der Waals surface area contributed by atoms with Crippen molar-refractivity contribution in [1.82, 2.24) is 4.98 Å². The molecule has 1 amide bonds. The highest BCUT2D eigenvalue weighted by atomic mass is 32.2. The summed E-state index contributed by atoms with van der Waals surface area (Å²) < 4.78 is 41.2. The van der Waals surface area contributed by atoms with E-state index in [-0.39, 0.29) is 22.4 Å². The van der Waals surface area contributed by atoms with E-state index in [9.17, 15) is 18.4 Å². The molecule has 148 valence electrons. The van der Waals surface area contributed by atoms with Gasteiger partial charge in [0.1, 0.15) is 18.2 Å². The number of amides is 1. The molecule has 2 aromatic rings. The topological polar surface area (TPSA) is 86.8 Å². The first kappa shape index (κ1) is 19.9. The summed E-state index contributed by atoms with van der Waals surface area (Å²) in [5, 5.41) is 2.44. The zero-order chi connectivity index (χ0) is 20.1. The number of nitrogens with one attached hydrogen (secondary N) is 1. The molecule has 0 saturated heterocycles. The van der Waals surface area contributed by atoms with Gasteiger partial charge in [-0.1, -0.05) is 0 Å². The Morgan fingerprint density at radius 2 is 1.96 bits per heavy atom. The van der Waals surface area contributed by atoms with Crippen LogP contribution in [0, 0.1) is 0 Å². The van der Waals surface area contributed by atoms with Gasteiger partial charge in [0.2, 0.25) is 0 Å². The van der Waals surface area contributed by atoms with Gasteiger partial charge in [-0.25, -0.2) is 9.78 Å². The van der Waals surface area contributed by atoms with E-state index in [0.29, 0.717) is 30.4 Å². The molecule has 0 fully saturated rings. The van der Waals surface area contributed by atoms with Crippen LogP contribution in [-0.2, 0) is 9.53 Å². The summed E-state index contributed by atoms with van der Waals surface area (Å²) in [4.78, 5) is 28.3. The number of benzene rings is 1. The van der Waals surface area contributed by atoms with Gasteiger partial charge in [-0.05, 0) is 43.0 Å². The van der Waals surface area contributed by atoms with Crippen LogP contribution in [-0.4, -0.2) is 41.9 Å². The van der Waals surface area contributed by atoms with Gasteiger partial charge in [0.15, 0.2) is 17.6 Å². The monoisotopic (exact) mass is 410 g/mol. The Morgan fingerprint density at radius 3 is 2.71 bits per heavy atom. The van der Waals surface area contributed by atoms with Crippen molar-refractivity contribution in [1.29, 1.82) is 0 Å². The van der Waals surface area contributed by atoms with Crippen molar-refractivity contribution in [2.75, 3.05) is 18.5 Å². The molecule has 0 spiro atoms. The Labute approximate surface area is 163 Å². The van der Waals surface area contributed by atoms with Crippen molar-refractivity contribution < 1.29 is 32.6 Å². The van der Waals surface area contributed by atoms with Crippen LogP contribution in [0.2, 0.25) is 0 Å². The van der Waals surface area contributed by atoms with Crippen LogP contribution in [0.25, 0.3) is 0 Å². The van der Waals surface area contributed by atoms with Gasteiger partial charge in [-0.2, -0.15) is 8.78 Å². The SMILES string of the molecule is CC(OC(=O)c1cccnc1SC(F)F)C(=O)Nc1ccc2c(c1)OCCO2. The van der Waals surface area contributed by atoms with E-state index in [1.165, 1.54) is 25.3 Å². The fourth-order valence-electron chi connectivity index (χ4n) is 2.37. The Hall–Kier alpha value is -2.88. The molecule has 3 rings (SSSR count). The second-order valence-corrected chi connectivity index (χ2v) is 6.61. The number of thioether (sulfide) groups is 1. The number of halogens is 2. The lowest BCUT2D eigenvalue weighted by atomic mass is 10.2. The molecule has 1 atom stereocenters. The number of hydrogen-bond acceptors (Lipinski definition) is 7. The molecule has 7 nitrogen and oxygen atoms in total. The minimum atomic E-state index is -2.74. The molecule has 1 aromatic heterocycles. The number of pyridine rings is 1. The maximum Gasteiger partial charge on any atom is 0.341 e. The molecule has 28 heavy (non-hydrogen) atoms. The van der Waals surface area contributed by atoms with Crippen LogP contribution in [0.3, 0.4) is 0 Å². The lowest BCUT2D eigenvalue weighted by Gasteiger charge is -2.19. The van der Waals surface area contributed by atoms with Crippen LogP contribution >= 0.6 is 11.8 Å². The van der Waals surface area contributed by atoms with Crippen LogP contribution in [0.1, 0.15) is 17.3 Å². The maximum absolute atomic E-state index is 12.6. The maximum atomic E-state index is 12.6. The first-order valence-corrected chi connectivity index (χ1v) is 9.13. The van der Waals surface area contributed by atoms with Crippen molar-refractivity contribution in [3.63, 3.8) is 0 Å². The number of esters is 1. The molecule has 1 aromatic carbocycles. The summed E-state index contributed by atoms with van der Waals surface area (Å²) in [6.45, 7) is 2.23. The second-order valence-electron chi connectivity index (χ2n) is 5.63. The largest absolute Gasteiger partial charge is 0.486 e. The standard InChI is InChI=1S/C18H16F2N2O5S/c1-10(27-17(24)12-3-2-6-21-16(12)28-18(19)20)15(23)22-11-4-5-13-14(9-11)26-8-7-25-13/h2-6,9-10,18H,7-8H2,1H3,(H,22,23). The highest BCUT2D eigenvalue weighted by molar-refractivity contribution is 7.99. The normalized spacial score (nSPS) is 13.7. The number of aromatic nitrogens is 1. The summed E-state index contributed by atoms with van der Waals surface area (Å²) in [7, 11) is 0. The molecular weight excluding hydrogens is 394 g/mol. The fraction of sp³-hybridized carbons (Fsp3) is 0.278. The van der Waals surface area contributed by atoms with E-state index >= 15 is 0 Å². The quantitative estimate of drug-likeness (QED) is 0.577. The average molecular weight is 410 g/mol. The Morgan fingerprint density at radius 1 is 1.21 bits per heavy atom. The highest BCUT2D eigenvalue weighted by Gasteiger charge is 2.23. The molecule has 1 unspecified atom stereocenters. The van der Waals surface area contributed by atoms with Crippen molar-refractivity contribution in [2.45, 2.75) is 23.8 Å². The number of carbonyl (C=O) groups excluding carboxylic acids is 2. The summed E-state index contributed by atoms with van der Waals surface area (Å²) in [5.41, 5.74) is 0.305. The fourth-order valence-corrected chi connectivity index (χ4v) is 2.94. The number of alkyl halides is 2. The third-order valence-electron chi connectivity index (χ3n) is 3.65. The molecule has 0 radical (unpaired) electrons. The molecular formula is C18H16F2N2O5S. The van der Waals surface area contributed by atoms with Crippen LogP contribution < -0.4 is 14.8 Å².